The molecule has 1 N–H and O–H groups in total. The van der Waals surface area contributed by atoms with Crippen LogP contribution in [-0.2, 0) is 4.79 Å². The molecule has 6 nitrogen and oxygen atoms in total. The molecule has 1 aromatic carbocycles. The van der Waals surface area contributed by atoms with E-state index in [0.717, 1.165) is 74.2 Å². The van der Waals surface area contributed by atoms with Crippen LogP contribution >= 0.6 is 11.6 Å². The normalized spacial score (nSPS) is 19.2. The summed E-state index contributed by atoms with van der Waals surface area (Å²) in [6.45, 7) is 11.0. The van der Waals surface area contributed by atoms with Gasteiger partial charge in [-0.3, -0.25) is 4.79 Å². The number of carbonyl (C=O) groups is 1. The first-order valence-electron chi connectivity index (χ1n) is 11.0. The number of anilines is 1. The summed E-state index contributed by atoms with van der Waals surface area (Å²) in [5.41, 5.74) is 0.964. The van der Waals surface area contributed by atoms with Gasteiger partial charge in [0, 0.05) is 55.4 Å². The number of piperidine rings is 1. The molecule has 0 aliphatic carbocycles. The van der Waals surface area contributed by atoms with Gasteiger partial charge in [0.1, 0.15) is 0 Å². The zero-order valence-corrected chi connectivity index (χ0v) is 18.8. The Balaban J connectivity index is 1.58. The van der Waals surface area contributed by atoms with E-state index in [9.17, 15) is 4.79 Å². The van der Waals surface area contributed by atoms with E-state index in [-0.39, 0.29) is 5.92 Å². The lowest BCUT2D eigenvalue weighted by atomic mass is 9.95. The lowest BCUT2D eigenvalue weighted by Crippen LogP contribution is -2.50. The van der Waals surface area contributed by atoms with Crippen LogP contribution in [0.3, 0.4) is 0 Å². The Bertz CT molecular complexity index is 1040. The number of amides is 1. The van der Waals surface area contributed by atoms with E-state index < -0.39 is 0 Å². The summed E-state index contributed by atoms with van der Waals surface area (Å²) in [5, 5.41) is 11.1. The van der Waals surface area contributed by atoms with Crippen LogP contribution in [0.2, 0.25) is 5.02 Å². The van der Waals surface area contributed by atoms with E-state index in [4.69, 9.17) is 16.7 Å². The topological polar surface area (TPSA) is 53.4 Å². The first kappa shape index (κ1) is 21.7. The van der Waals surface area contributed by atoms with Crippen LogP contribution in [0.1, 0.15) is 19.8 Å². The molecule has 164 valence electrons. The molecule has 0 saturated carbocycles. The minimum Gasteiger partial charge on any atom is -0.355 e. The average Bonchev–Trinajstić information content (AvgIpc) is 3.18. The van der Waals surface area contributed by atoms with Crippen molar-refractivity contribution < 1.29 is 4.79 Å². The van der Waals surface area contributed by atoms with E-state index in [1.54, 1.807) is 6.08 Å². The van der Waals surface area contributed by atoms with Crippen LogP contribution in [0.5, 0.6) is 0 Å². The first-order chi connectivity index (χ1) is 15.1. The lowest BCUT2D eigenvalue weighted by molar-refractivity contribution is -0.136. The van der Waals surface area contributed by atoms with Gasteiger partial charge < -0.3 is 15.1 Å². The van der Waals surface area contributed by atoms with Gasteiger partial charge in [-0.15, -0.1) is 5.10 Å². The van der Waals surface area contributed by atoms with Gasteiger partial charge in [-0.2, -0.15) is 0 Å². The molecule has 2 aliphatic rings. The standard InChI is InChI=1S/C24H30ClN5O/c1-3-5-21-22(4-2)30(20-8-6-19(25)7-9-20)27-23(21)28-14-10-18(11-15-28)24(31)29-16-12-26-13-17-29/h3-9,18,26H,1,10-17H2,2H3/b21-5+,22-4+. The third-order valence-corrected chi connectivity index (χ3v) is 6.39. The number of rotatable bonds is 4. The summed E-state index contributed by atoms with van der Waals surface area (Å²) in [4.78, 5) is 17.2. The van der Waals surface area contributed by atoms with Gasteiger partial charge in [0.2, 0.25) is 5.91 Å². The second-order valence-corrected chi connectivity index (χ2v) is 8.47. The van der Waals surface area contributed by atoms with Gasteiger partial charge in [-0.25, -0.2) is 4.68 Å². The molecule has 0 atom stereocenters. The van der Waals surface area contributed by atoms with Crippen molar-refractivity contribution in [3.8, 4) is 5.69 Å². The van der Waals surface area contributed by atoms with Crippen molar-refractivity contribution >= 4 is 35.5 Å². The van der Waals surface area contributed by atoms with Crippen molar-refractivity contribution in [2.75, 3.05) is 44.2 Å². The molecule has 1 amide bonds. The number of benzene rings is 1. The Morgan fingerprint density at radius 2 is 1.84 bits per heavy atom. The molecule has 2 aliphatic heterocycles. The van der Waals surface area contributed by atoms with Crippen LogP contribution in [0, 0.1) is 5.92 Å². The Labute approximate surface area is 188 Å². The molecular weight excluding hydrogens is 410 g/mol. The summed E-state index contributed by atoms with van der Waals surface area (Å²) < 4.78 is 1.96. The third-order valence-electron chi connectivity index (χ3n) is 6.14. The number of halogens is 1. The van der Waals surface area contributed by atoms with E-state index in [2.05, 4.69) is 22.9 Å². The van der Waals surface area contributed by atoms with Gasteiger partial charge >= 0.3 is 0 Å². The molecule has 4 rings (SSSR count). The lowest BCUT2D eigenvalue weighted by Gasteiger charge is -2.35. The minimum atomic E-state index is 0.108. The number of carbonyl (C=O) groups excluding carboxylic acids is 1. The SMILES string of the molecule is C=C/C=c1/c(N2CCC(C(=O)N3CCNCC3)CC2)nn(-c2ccc(Cl)cc2)/c1=C/C. The van der Waals surface area contributed by atoms with Crippen LogP contribution in [0.4, 0.5) is 5.82 Å². The van der Waals surface area contributed by atoms with Crippen LogP contribution in [-0.4, -0.2) is 59.9 Å². The number of allylic oxidation sites excluding steroid dienone is 1. The maximum Gasteiger partial charge on any atom is 0.225 e. The molecule has 0 radical (unpaired) electrons. The van der Waals surface area contributed by atoms with E-state index in [1.165, 1.54) is 0 Å². The minimum absolute atomic E-state index is 0.108. The number of piperazine rings is 1. The van der Waals surface area contributed by atoms with Gasteiger partial charge in [0.25, 0.3) is 0 Å². The molecule has 31 heavy (non-hydrogen) atoms. The van der Waals surface area contributed by atoms with E-state index >= 15 is 0 Å². The zero-order chi connectivity index (χ0) is 21.8. The number of hydrogen-bond acceptors (Lipinski definition) is 4. The summed E-state index contributed by atoms with van der Waals surface area (Å²) in [7, 11) is 0. The second-order valence-electron chi connectivity index (χ2n) is 8.04. The smallest absolute Gasteiger partial charge is 0.225 e. The van der Waals surface area contributed by atoms with Crippen molar-refractivity contribution in [2.45, 2.75) is 19.8 Å². The molecule has 2 aromatic rings. The number of aromatic nitrogens is 2. The molecule has 0 spiro atoms. The summed E-state index contributed by atoms with van der Waals surface area (Å²) >= 11 is 6.08. The van der Waals surface area contributed by atoms with Crippen molar-refractivity contribution in [1.82, 2.24) is 20.0 Å². The van der Waals surface area contributed by atoms with E-state index in [0.29, 0.717) is 10.9 Å². The van der Waals surface area contributed by atoms with Crippen LogP contribution in [0.15, 0.2) is 36.9 Å². The molecule has 3 heterocycles. The Morgan fingerprint density at radius 1 is 1.16 bits per heavy atom. The molecule has 0 bridgehead atoms. The predicted octanol–water partition coefficient (Wildman–Crippen LogP) is 1.94. The molecule has 0 unspecified atom stereocenters. The van der Waals surface area contributed by atoms with Crippen molar-refractivity contribution in [1.29, 1.82) is 0 Å². The third kappa shape index (κ3) is 4.55. The van der Waals surface area contributed by atoms with Gasteiger partial charge in [-0.1, -0.05) is 30.3 Å². The van der Waals surface area contributed by atoms with Gasteiger partial charge in [0.15, 0.2) is 5.82 Å². The molecular formula is C24H30ClN5O. The van der Waals surface area contributed by atoms with Crippen LogP contribution < -0.4 is 20.8 Å². The molecule has 7 heteroatoms. The molecule has 1 aromatic heterocycles. The number of nitrogens with zero attached hydrogens (tertiary/aromatic N) is 4. The van der Waals surface area contributed by atoms with Crippen molar-refractivity contribution in [3.05, 3.63) is 52.5 Å². The van der Waals surface area contributed by atoms with Gasteiger partial charge in [0.05, 0.1) is 11.0 Å². The summed E-state index contributed by atoms with van der Waals surface area (Å²) in [6, 6.07) is 7.70. The van der Waals surface area contributed by atoms with Gasteiger partial charge in [-0.05, 0) is 50.1 Å². The Kier molecular flexibility index (Phi) is 6.78. The van der Waals surface area contributed by atoms with Crippen molar-refractivity contribution in [3.63, 3.8) is 0 Å². The predicted molar refractivity (Wildman–Crippen MR) is 127 cm³/mol. The zero-order valence-electron chi connectivity index (χ0n) is 18.1. The fourth-order valence-electron chi connectivity index (χ4n) is 4.48. The monoisotopic (exact) mass is 439 g/mol. The number of nitrogens with one attached hydrogen (secondary N) is 1. The largest absolute Gasteiger partial charge is 0.355 e. The van der Waals surface area contributed by atoms with Crippen LogP contribution in [0.25, 0.3) is 17.8 Å². The fourth-order valence-corrected chi connectivity index (χ4v) is 4.61. The average molecular weight is 440 g/mol. The Hall–Kier alpha value is -2.57. The summed E-state index contributed by atoms with van der Waals surface area (Å²) in [5.74, 6) is 1.36. The number of hydrogen-bond donors (Lipinski definition) is 1. The summed E-state index contributed by atoms with van der Waals surface area (Å²) in [6.07, 6.45) is 7.61. The van der Waals surface area contributed by atoms with Crippen molar-refractivity contribution in [2.24, 2.45) is 5.92 Å². The highest BCUT2D eigenvalue weighted by atomic mass is 35.5. The van der Waals surface area contributed by atoms with E-state index in [1.807, 2.05) is 46.8 Å². The highest BCUT2D eigenvalue weighted by Gasteiger charge is 2.30. The maximum atomic E-state index is 12.9. The highest BCUT2D eigenvalue weighted by Crippen LogP contribution is 2.22. The fraction of sp³-hybridized carbons (Fsp3) is 0.417. The molecule has 2 saturated heterocycles. The maximum absolute atomic E-state index is 12.9. The molecule has 2 fully saturated rings. The quantitative estimate of drug-likeness (QED) is 0.791. The first-order valence-corrected chi connectivity index (χ1v) is 11.4. The second kappa shape index (κ2) is 9.71. The Morgan fingerprint density at radius 3 is 2.45 bits per heavy atom. The highest BCUT2D eigenvalue weighted by molar-refractivity contribution is 6.30.